The van der Waals surface area contributed by atoms with Gasteiger partial charge in [-0.2, -0.15) is 0 Å². The number of benzene rings is 1. The van der Waals surface area contributed by atoms with Gasteiger partial charge in [0, 0.05) is 10.3 Å². The molecule has 6 heteroatoms. The smallest absolute Gasteiger partial charge is 0.258 e. The Bertz CT molecular complexity index is 523. The molecule has 0 aliphatic heterocycles. The van der Waals surface area contributed by atoms with Crippen LogP contribution in [0.3, 0.4) is 0 Å². The number of hydrogen-bond donors (Lipinski definition) is 1. The zero-order valence-corrected chi connectivity index (χ0v) is 10.6. The number of thiol groups is 1. The number of halogens is 1. The van der Waals surface area contributed by atoms with Gasteiger partial charge in [-0.15, -0.1) is 12.6 Å². The maximum Gasteiger partial charge on any atom is 0.338 e. The molecule has 1 heterocycles. The predicted octanol–water partition coefficient (Wildman–Crippen LogP) is 3.70. The summed E-state index contributed by atoms with van der Waals surface area (Å²) in [6.45, 7) is 0. The van der Waals surface area contributed by atoms with Crippen molar-refractivity contribution >= 4 is 61.6 Å². The van der Waals surface area contributed by atoms with Gasteiger partial charge in [-0.25, -0.2) is 0 Å². The first kappa shape index (κ1) is 10.2. The molecular weight excluding hydrogens is 333 g/mol. The second kappa shape index (κ2) is 3.67. The average molecular weight is 337 g/mol. The summed E-state index contributed by atoms with van der Waals surface area (Å²) in [7, 11) is 0. The fourth-order valence-electron chi connectivity index (χ4n) is 1.18. The van der Waals surface area contributed by atoms with Gasteiger partial charge in [0.15, 0.2) is 0 Å². The Morgan fingerprint density at radius 1 is 1.50 bits per heavy atom. The Kier molecular flexibility index (Phi) is 2.67. The number of fused-ring (bicyclic) bond motifs is 1. The molecule has 14 heavy (non-hydrogen) atoms. The molecule has 0 unspecified atom stereocenters. The van der Waals surface area contributed by atoms with E-state index in [0.29, 0.717) is 3.57 Å². The van der Waals surface area contributed by atoms with Gasteiger partial charge in [-0.3, -0.25) is 10.1 Å². The molecule has 0 radical (unpaired) electrons. The van der Waals surface area contributed by atoms with Crippen LogP contribution in [0.1, 0.15) is 0 Å². The Labute approximate surface area is 103 Å². The lowest BCUT2D eigenvalue weighted by Crippen LogP contribution is -1.84. The van der Waals surface area contributed by atoms with Crippen LogP contribution in [-0.4, -0.2) is 4.92 Å². The van der Waals surface area contributed by atoms with Crippen LogP contribution in [0.5, 0.6) is 0 Å². The number of nitrogens with zero attached hydrogens (tertiary/aromatic N) is 1. The first-order chi connectivity index (χ1) is 6.61. The molecule has 0 bridgehead atoms. The molecule has 0 amide bonds. The van der Waals surface area contributed by atoms with Gasteiger partial charge in [-0.05, 0) is 28.7 Å². The lowest BCUT2D eigenvalue weighted by Gasteiger charge is -1.91. The summed E-state index contributed by atoms with van der Waals surface area (Å²) >= 11 is 7.44. The van der Waals surface area contributed by atoms with Gasteiger partial charge in [0.05, 0.1) is 9.62 Å². The third kappa shape index (κ3) is 1.51. The molecule has 0 saturated heterocycles. The van der Waals surface area contributed by atoms with Crippen molar-refractivity contribution in [3.8, 4) is 0 Å². The van der Waals surface area contributed by atoms with E-state index in [9.17, 15) is 10.1 Å². The molecule has 0 atom stereocenters. The van der Waals surface area contributed by atoms with E-state index >= 15 is 0 Å². The van der Waals surface area contributed by atoms with E-state index in [1.165, 1.54) is 11.3 Å². The second-order valence-corrected chi connectivity index (χ2v) is 5.19. The topological polar surface area (TPSA) is 43.1 Å². The quantitative estimate of drug-likeness (QED) is 0.373. The van der Waals surface area contributed by atoms with Gasteiger partial charge >= 0.3 is 5.00 Å². The number of rotatable bonds is 1. The summed E-state index contributed by atoms with van der Waals surface area (Å²) in [5.41, 5.74) is 0. The Hall–Kier alpha value is -0.340. The fourth-order valence-corrected chi connectivity index (χ4v) is 3.60. The first-order valence-electron chi connectivity index (χ1n) is 3.65. The summed E-state index contributed by atoms with van der Waals surface area (Å²) in [6, 6.07) is 5.56. The number of hydrogen-bond acceptors (Lipinski definition) is 4. The Balaban J connectivity index is 2.86. The minimum Gasteiger partial charge on any atom is -0.258 e. The second-order valence-electron chi connectivity index (χ2n) is 2.63. The molecule has 2 rings (SSSR count). The Morgan fingerprint density at radius 3 is 2.79 bits per heavy atom. The molecule has 0 spiro atoms. The molecule has 1 aromatic heterocycles. The SMILES string of the molecule is O=[N+]([O-])c1sc2c(S)cccc2c1I. The van der Waals surface area contributed by atoms with Crippen LogP contribution in [0.15, 0.2) is 23.1 Å². The van der Waals surface area contributed by atoms with Gasteiger partial charge in [-0.1, -0.05) is 23.5 Å². The van der Waals surface area contributed by atoms with Crippen LogP contribution in [0.25, 0.3) is 10.1 Å². The standard InChI is InChI=1S/C8H4INO2S2/c9-6-4-2-1-3-5(13)7(4)14-8(6)10(11)12/h1-3,13H. The normalized spacial score (nSPS) is 10.7. The van der Waals surface area contributed by atoms with E-state index < -0.39 is 0 Å². The van der Waals surface area contributed by atoms with Crippen molar-refractivity contribution in [2.24, 2.45) is 0 Å². The lowest BCUT2D eigenvalue weighted by molar-refractivity contribution is -0.381. The fraction of sp³-hybridized carbons (Fsp3) is 0. The average Bonchev–Trinajstić information content (AvgIpc) is 2.46. The Morgan fingerprint density at radius 2 is 2.21 bits per heavy atom. The van der Waals surface area contributed by atoms with Crippen molar-refractivity contribution in [2.75, 3.05) is 0 Å². The van der Waals surface area contributed by atoms with E-state index in [1.807, 2.05) is 40.8 Å². The summed E-state index contributed by atoms with van der Waals surface area (Å²) in [4.78, 5) is 11.1. The van der Waals surface area contributed by atoms with Crippen LogP contribution in [0.2, 0.25) is 0 Å². The van der Waals surface area contributed by atoms with Crippen molar-refractivity contribution in [3.63, 3.8) is 0 Å². The largest absolute Gasteiger partial charge is 0.338 e. The first-order valence-corrected chi connectivity index (χ1v) is 6.00. The highest BCUT2D eigenvalue weighted by atomic mass is 127. The number of thiophene rings is 1. The van der Waals surface area contributed by atoms with E-state index in [1.54, 1.807) is 0 Å². The third-order valence-corrected chi connectivity index (χ3v) is 4.96. The minimum atomic E-state index is -0.348. The molecule has 0 fully saturated rings. The highest BCUT2D eigenvalue weighted by molar-refractivity contribution is 14.1. The maximum absolute atomic E-state index is 10.7. The molecule has 72 valence electrons. The van der Waals surface area contributed by atoms with Crippen molar-refractivity contribution in [3.05, 3.63) is 31.9 Å². The van der Waals surface area contributed by atoms with Crippen LogP contribution in [0, 0.1) is 13.7 Å². The van der Waals surface area contributed by atoms with Crippen molar-refractivity contribution in [1.82, 2.24) is 0 Å². The number of nitro groups is 1. The minimum absolute atomic E-state index is 0.196. The molecule has 3 nitrogen and oxygen atoms in total. The summed E-state index contributed by atoms with van der Waals surface area (Å²) in [6.07, 6.45) is 0. The van der Waals surface area contributed by atoms with Gasteiger partial charge < -0.3 is 0 Å². The van der Waals surface area contributed by atoms with Crippen LogP contribution < -0.4 is 0 Å². The zero-order valence-electron chi connectivity index (χ0n) is 6.73. The molecule has 0 aliphatic rings. The van der Waals surface area contributed by atoms with Gasteiger partial charge in [0.25, 0.3) is 0 Å². The molecule has 1 aromatic carbocycles. The highest BCUT2D eigenvalue weighted by Gasteiger charge is 2.19. The van der Waals surface area contributed by atoms with Crippen molar-refractivity contribution < 1.29 is 4.92 Å². The van der Waals surface area contributed by atoms with Crippen LogP contribution in [0.4, 0.5) is 5.00 Å². The maximum atomic E-state index is 10.7. The van der Waals surface area contributed by atoms with Crippen LogP contribution >= 0.6 is 46.6 Å². The molecule has 2 aromatic rings. The van der Waals surface area contributed by atoms with Gasteiger partial charge in [0.2, 0.25) is 0 Å². The molecule has 0 aliphatic carbocycles. The van der Waals surface area contributed by atoms with E-state index in [4.69, 9.17) is 0 Å². The molecule has 0 saturated carbocycles. The van der Waals surface area contributed by atoms with E-state index in [0.717, 1.165) is 15.0 Å². The summed E-state index contributed by atoms with van der Waals surface area (Å²) in [5, 5.41) is 11.8. The lowest BCUT2D eigenvalue weighted by atomic mass is 10.3. The van der Waals surface area contributed by atoms with Crippen molar-refractivity contribution in [1.29, 1.82) is 0 Å². The van der Waals surface area contributed by atoms with E-state index in [-0.39, 0.29) is 9.92 Å². The van der Waals surface area contributed by atoms with Crippen LogP contribution in [-0.2, 0) is 0 Å². The van der Waals surface area contributed by atoms with Crippen molar-refractivity contribution in [2.45, 2.75) is 4.90 Å². The summed E-state index contributed by atoms with van der Waals surface area (Å²) < 4.78 is 1.58. The predicted molar refractivity (Wildman–Crippen MR) is 68.4 cm³/mol. The highest BCUT2D eigenvalue weighted by Crippen LogP contribution is 2.40. The third-order valence-electron chi connectivity index (χ3n) is 1.78. The molecule has 0 N–H and O–H groups in total. The monoisotopic (exact) mass is 337 g/mol. The zero-order chi connectivity index (χ0) is 10.3. The summed E-state index contributed by atoms with van der Waals surface area (Å²) in [5.74, 6) is 0. The van der Waals surface area contributed by atoms with Gasteiger partial charge in [0.1, 0.15) is 3.57 Å². The molecular formula is C8H4INO2S2. The van der Waals surface area contributed by atoms with E-state index in [2.05, 4.69) is 12.6 Å².